The number of hydrogen-bond donors (Lipinski definition) is 0. The molecule has 0 saturated carbocycles. The third-order valence-corrected chi connectivity index (χ3v) is 2.75. The molecule has 0 bridgehead atoms. The fourth-order valence-corrected chi connectivity index (χ4v) is 1.62. The maximum atomic E-state index is 12.1. The van der Waals surface area contributed by atoms with Crippen LogP contribution in [0.3, 0.4) is 0 Å². The first-order valence-corrected chi connectivity index (χ1v) is 5.70. The van der Waals surface area contributed by atoms with Crippen LogP contribution in [0.25, 0.3) is 0 Å². The molecule has 3 nitrogen and oxygen atoms in total. The Labute approximate surface area is 97.7 Å². The van der Waals surface area contributed by atoms with E-state index in [1.807, 2.05) is 52.1 Å². The quantitative estimate of drug-likeness (QED) is 0.768. The van der Waals surface area contributed by atoms with Gasteiger partial charge in [-0.15, -0.1) is 0 Å². The first-order valence-electron chi connectivity index (χ1n) is 5.70. The van der Waals surface area contributed by atoms with Crippen molar-refractivity contribution in [2.24, 2.45) is 0 Å². The molecular formula is C13H20N2O. The lowest BCUT2D eigenvalue weighted by Crippen LogP contribution is -2.41. The second kappa shape index (κ2) is 5.54. The number of aryl methyl sites for hydroxylation is 1. The zero-order chi connectivity index (χ0) is 12.1. The minimum atomic E-state index is 0.0549. The standard InChI is InChI=1S/C13H20N2O/c1-5-14(4)13(16)15(6-2)12-10-8-7-9-11(12)3/h7-10H,5-6H2,1-4H3. The molecule has 16 heavy (non-hydrogen) atoms. The molecule has 0 aromatic heterocycles. The van der Waals surface area contributed by atoms with Gasteiger partial charge in [-0.3, -0.25) is 4.90 Å². The highest BCUT2D eigenvalue weighted by Gasteiger charge is 2.17. The highest BCUT2D eigenvalue weighted by atomic mass is 16.2. The van der Waals surface area contributed by atoms with E-state index in [-0.39, 0.29) is 6.03 Å². The molecule has 0 aliphatic rings. The van der Waals surface area contributed by atoms with Gasteiger partial charge in [0.1, 0.15) is 0 Å². The summed E-state index contributed by atoms with van der Waals surface area (Å²) in [6.45, 7) is 7.41. The molecule has 0 saturated heterocycles. The lowest BCUT2D eigenvalue weighted by Gasteiger charge is -2.27. The van der Waals surface area contributed by atoms with E-state index in [4.69, 9.17) is 0 Å². The van der Waals surface area contributed by atoms with Crippen molar-refractivity contribution in [1.82, 2.24) is 4.90 Å². The van der Waals surface area contributed by atoms with Gasteiger partial charge in [0.05, 0.1) is 0 Å². The molecule has 0 unspecified atom stereocenters. The van der Waals surface area contributed by atoms with Gasteiger partial charge in [0.15, 0.2) is 0 Å². The molecule has 1 aromatic rings. The topological polar surface area (TPSA) is 23.6 Å². The summed E-state index contributed by atoms with van der Waals surface area (Å²) >= 11 is 0. The smallest absolute Gasteiger partial charge is 0.324 e. The summed E-state index contributed by atoms with van der Waals surface area (Å²) < 4.78 is 0. The Morgan fingerprint density at radius 2 is 1.81 bits per heavy atom. The Morgan fingerprint density at radius 1 is 1.19 bits per heavy atom. The molecule has 0 aliphatic heterocycles. The van der Waals surface area contributed by atoms with Crippen molar-refractivity contribution in [2.45, 2.75) is 20.8 Å². The summed E-state index contributed by atoms with van der Waals surface area (Å²) in [5.74, 6) is 0. The van der Waals surface area contributed by atoms with Crippen molar-refractivity contribution < 1.29 is 4.79 Å². The predicted octanol–water partition coefficient (Wildman–Crippen LogP) is 2.89. The van der Waals surface area contributed by atoms with E-state index >= 15 is 0 Å². The molecule has 0 fully saturated rings. The molecule has 3 heteroatoms. The van der Waals surface area contributed by atoms with Crippen molar-refractivity contribution in [2.75, 3.05) is 25.0 Å². The van der Waals surface area contributed by atoms with Crippen LogP contribution in [0.2, 0.25) is 0 Å². The highest BCUT2D eigenvalue weighted by molar-refractivity contribution is 5.92. The van der Waals surface area contributed by atoms with E-state index in [1.165, 1.54) is 0 Å². The van der Waals surface area contributed by atoms with Gasteiger partial charge in [0, 0.05) is 25.8 Å². The third kappa shape index (κ3) is 2.54. The van der Waals surface area contributed by atoms with Crippen LogP contribution < -0.4 is 4.90 Å². The number of carbonyl (C=O) groups excluding carboxylic acids is 1. The van der Waals surface area contributed by atoms with Crippen LogP contribution in [0.15, 0.2) is 24.3 Å². The number of nitrogens with zero attached hydrogens (tertiary/aromatic N) is 2. The average Bonchev–Trinajstić information content (AvgIpc) is 2.31. The summed E-state index contributed by atoms with van der Waals surface area (Å²) in [5.41, 5.74) is 2.12. The lowest BCUT2D eigenvalue weighted by atomic mass is 10.2. The summed E-state index contributed by atoms with van der Waals surface area (Å²) in [5, 5.41) is 0. The molecular weight excluding hydrogens is 200 g/mol. The molecule has 2 amide bonds. The van der Waals surface area contributed by atoms with E-state index < -0.39 is 0 Å². The molecule has 88 valence electrons. The zero-order valence-electron chi connectivity index (χ0n) is 10.5. The molecule has 0 spiro atoms. The number of anilines is 1. The van der Waals surface area contributed by atoms with Gasteiger partial charge in [-0.2, -0.15) is 0 Å². The lowest BCUT2D eigenvalue weighted by molar-refractivity contribution is 0.218. The van der Waals surface area contributed by atoms with E-state index in [2.05, 4.69) is 0 Å². The van der Waals surface area contributed by atoms with Crippen LogP contribution in [0.5, 0.6) is 0 Å². The summed E-state index contributed by atoms with van der Waals surface area (Å²) in [6.07, 6.45) is 0. The van der Waals surface area contributed by atoms with Crippen molar-refractivity contribution >= 4 is 11.7 Å². The summed E-state index contributed by atoms with van der Waals surface area (Å²) in [4.78, 5) is 15.6. The number of para-hydroxylation sites is 1. The molecule has 0 N–H and O–H groups in total. The Bertz CT molecular complexity index is 363. The van der Waals surface area contributed by atoms with Crippen LogP contribution in [-0.2, 0) is 0 Å². The van der Waals surface area contributed by atoms with E-state index in [0.717, 1.165) is 17.8 Å². The van der Waals surface area contributed by atoms with E-state index in [0.29, 0.717) is 6.54 Å². The Hall–Kier alpha value is -1.51. The minimum Gasteiger partial charge on any atom is -0.328 e. The predicted molar refractivity (Wildman–Crippen MR) is 67.9 cm³/mol. The fraction of sp³-hybridized carbons (Fsp3) is 0.462. The minimum absolute atomic E-state index is 0.0549. The number of urea groups is 1. The Morgan fingerprint density at radius 3 is 2.31 bits per heavy atom. The summed E-state index contributed by atoms with van der Waals surface area (Å²) in [6, 6.07) is 8.02. The number of benzene rings is 1. The number of carbonyl (C=O) groups is 1. The van der Waals surface area contributed by atoms with Gasteiger partial charge in [-0.25, -0.2) is 4.79 Å². The van der Waals surface area contributed by atoms with E-state index in [9.17, 15) is 4.79 Å². The van der Waals surface area contributed by atoms with Gasteiger partial charge in [-0.1, -0.05) is 18.2 Å². The van der Waals surface area contributed by atoms with Crippen LogP contribution >= 0.6 is 0 Å². The van der Waals surface area contributed by atoms with Gasteiger partial charge < -0.3 is 4.90 Å². The van der Waals surface area contributed by atoms with Gasteiger partial charge >= 0.3 is 6.03 Å². The second-order valence-corrected chi connectivity index (χ2v) is 3.83. The molecule has 0 radical (unpaired) electrons. The monoisotopic (exact) mass is 220 g/mol. The third-order valence-electron chi connectivity index (χ3n) is 2.75. The number of hydrogen-bond acceptors (Lipinski definition) is 1. The van der Waals surface area contributed by atoms with Crippen molar-refractivity contribution in [1.29, 1.82) is 0 Å². The molecule has 0 atom stereocenters. The Kier molecular flexibility index (Phi) is 4.35. The molecule has 0 heterocycles. The molecule has 1 aromatic carbocycles. The van der Waals surface area contributed by atoms with Gasteiger partial charge in [0.2, 0.25) is 0 Å². The maximum Gasteiger partial charge on any atom is 0.324 e. The Balaban J connectivity index is 2.99. The van der Waals surface area contributed by atoms with Crippen LogP contribution in [0, 0.1) is 6.92 Å². The van der Waals surface area contributed by atoms with Crippen molar-refractivity contribution in [3.05, 3.63) is 29.8 Å². The SMILES string of the molecule is CCN(C)C(=O)N(CC)c1ccccc1C. The van der Waals surface area contributed by atoms with Gasteiger partial charge in [0.25, 0.3) is 0 Å². The first-order chi connectivity index (χ1) is 7.61. The van der Waals surface area contributed by atoms with Crippen molar-refractivity contribution in [3.63, 3.8) is 0 Å². The average molecular weight is 220 g/mol. The largest absolute Gasteiger partial charge is 0.328 e. The number of rotatable bonds is 3. The van der Waals surface area contributed by atoms with E-state index in [1.54, 1.807) is 9.80 Å². The fourth-order valence-electron chi connectivity index (χ4n) is 1.62. The zero-order valence-corrected chi connectivity index (χ0v) is 10.5. The highest BCUT2D eigenvalue weighted by Crippen LogP contribution is 2.20. The number of amides is 2. The van der Waals surface area contributed by atoms with Gasteiger partial charge in [-0.05, 0) is 32.4 Å². The summed E-state index contributed by atoms with van der Waals surface area (Å²) in [7, 11) is 1.82. The second-order valence-electron chi connectivity index (χ2n) is 3.83. The van der Waals surface area contributed by atoms with Crippen LogP contribution in [-0.4, -0.2) is 31.1 Å². The maximum absolute atomic E-state index is 12.1. The van der Waals surface area contributed by atoms with Crippen LogP contribution in [0.1, 0.15) is 19.4 Å². The molecule has 1 rings (SSSR count). The molecule has 0 aliphatic carbocycles. The first kappa shape index (κ1) is 12.6. The van der Waals surface area contributed by atoms with Crippen LogP contribution in [0.4, 0.5) is 10.5 Å². The normalized spacial score (nSPS) is 10.0. The van der Waals surface area contributed by atoms with Crippen molar-refractivity contribution in [3.8, 4) is 0 Å².